The maximum atomic E-state index is 11.5. The van der Waals surface area contributed by atoms with E-state index >= 15 is 0 Å². The molecule has 0 aromatic heterocycles. The van der Waals surface area contributed by atoms with E-state index in [9.17, 15) is 4.79 Å². The predicted octanol–water partition coefficient (Wildman–Crippen LogP) is 2.61. The van der Waals surface area contributed by atoms with Crippen LogP contribution >= 0.6 is 24.0 Å². The van der Waals surface area contributed by atoms with Gasteiger partial charge in [0.15, 0.2) is 5.96 Å². The second-order valence-corrected chi connectivity index (χ2v) is 5.67. The van der Waals surface area contributed by atoms with Gasteiger partial charge >= 0.3 is 0 Å². The lowest BCUT2D eigenvalue weighted by Gasteiger charge is -2.20. The number of nitrogens with one attached hydrogen (secondary N) is 3. The van der Waals surface area contributed by atoms with Crippen LogP contribution in [0.4, 0.5) is 0 Å². The van der Waals surface area contributed by atoms with Crippen LogP contribution in [-0.2, 0) is 4.79 Å². The Morgan fingerprint density at radius 2 is 1.74 bits per heavy atom. The van der Waals surface area contributed by atoms with Crippen molar-refractivity contribution in [2.24, 2.45) is 10.9 Å². The lowest BCUT2D eigenvalue weighted by molar-refractivity contribution is -0.123. The molecule has 0 aliphatic heterocycles. The lowest BCUT2D eigenvalue weighted by atomic mass is 10.0. The molecule has 0 saturated carbocycles. The normalized spacial score (nSPS) is 12.3. The summed E-state index contributed by atoms with van der Waals surface area (Å²) in [6, 6.07) is 8.46. The zero-order valence-electron chi connectivity index (χ0n) is 14.6. The van der Waals surface area contributed by atoms with Gasteiger partial charge in [-0.25, -0.2) is 0 Å². The quantitative estimate of drug-likeness (QED) is 0.280. The van der Waals surface area contributed by atoms with Gasteiger partial charge in [-0.15, -0.1) is 24.0 Å². The summed E-state index contributed by atoms with van der Waals surface area (Å²) in [6.45, 7) is 9.19. The van der Waals surface area contributed by atoms with E-state index in [0.717, 1.165) is 5.96 Å². The Morgan fingerprint density at radius 3 is 2.30 bits per heavy atom. The molecule has 0 heterocycles. The Kier molecular flexibility index (Phi) is 10.6. The number of aryl methyl sites for hydroxylation is 1. The Bertz CT molecular complexity index is 517. The maximum Gasteiger partial charge on any atom is 0.222 e. The molecule has 0 aliphatic carbocycles. The van der Waals surface area contributed by atoms with E-state index in [4.69, 9.17) is 0 Å². The zero-order valence-corrected chi connectivity index (χ0v) is 17.0. The monoisotopic (exact) mass is 432 g/mol. The molecule has 0 saturated heterocycles. The molecule has 0 bridgehead atoms. The summed E-state index contributed by atoms with van der Waals surface area (Å²) in [5.74, 6) is 0.811. The number of carbonyl (C=O) groups is 1. The molecule has 1 atom stereocenters. The first-order chi connectivity index (χ1) is 10.5. The largest absolute Gasteiger partial charge is 0.355 e. The second-order valence-electron chi connectivity index (χ2n) is 5.67. The fraction of sp³-hybridized carbons (Fsp3) is 0.529. The van der Waals surface area contributed by atoms with Crippen LogP contribution in [0.3, 0.4) is 0 Å². The molecule has 23 heavy (non-hydrogen) atoms. The Labute approximate surface area is 156 Å². The fourth-order valence-electron chi connectivity index (χ4n) is 2.12. The van der Waals surface area contributed by atoms with Crippen molar-refractivity contribution < 1.29 is 4.79 Å². The van der Waals surface area contributed by atoms with Crippen LogP contribution in [-0.4, -0.2) is 32.0 Å². The molecule has 1 rings (SSSR count). The molecule has 6 heteroatoms. The van der Waals surface area contributed by atoms with Gasteiger partial charge in [-0.05, 0) is 25.0 Å². The summed E-state index contributed by atoms with van der Waals surface area (Å²) >= 11 is 0. The van der Waals surface area contributed by atoms with Gasteiger partial charge in [0.25, 0.3) is 0 Å². The van der Waals surface area contributed by atoms with Crippen LogP contribution in [0.25, 0.3) is 0 Å². The van der Waals surface area contributed by atoms with Crippen molar-refractivity contribution in [2.45, 2.75) is 33.7 Å². The van der Waals surface area contributed by atoms with Crippen LogP contribution in [0.15, 0.2) is 29.3 Å². The highest BCUT2D eigenvalue weighted by Crippen LogP contribution is 2.16. The van der Waals surface area contributed by atoms with Crippen molar-refractivity contribution >= 4 is 35.8 Å². The van der Waals surface area contributed by atoms with Crippen molar-refractivity contribution in [3.05, 3.63) is 35.4 Å². The summed E-state index contributed by atoms with van der Waals surface area (Å²) in [6.07, 6.45) is 0. The third kappa shape index (κ3) is 7.67. The average molecular weight is 432 g/mol. The highest BCUT2D eigenvalue weighted by Gasteiger charge is 2.10. The third-order valence-corrected chi connectivity index (χ3v) is 3.47. The molecule has 1 aromatic carbocycles. The summed E-state index contributed by atoms with van der Waals surface area (Å²) in [7, 11) is 1.74. The van der Waals surface area contributed by atoms with Crippen LogP contribution in [0.1, 0.15) is 37.9 Å². The van der Waals surface area contributed by atoms with Gasteiger partial charge in [-0.1, -0.05) is 38.1 Å². The Morgan fingerprint density at radius 1 is 1.13 bits per heavy atom. The van der Waals surface area contributed by atoms with E-state index in [1.165, 1.54) is 11.1 Å². The first-order valence-electron chi connectivity index (χ1n) is 7.76. The van der Waals surface area contributed by atoms with E-state index in [0.29, 0.717) is 13.1 Å². The molecule has 1 aromatic rings. The minimum atomic E-state index is 0. The average Bonchev–Trinajstić information content (AvgIpc) is 2.50. The molecule has 1 unspecified atom stereocenters. The standard InChI is InChI=1S/C17H28N4O.HI/c1-12(2)16(22)19-10-11-20-17(18-5)21-14(4)15-9-7-6-8-13(15)3;/h6-9,12,14H,10-11H2,1-5H3,(H,19,22)(H2,18,20,21);1H. The smallest absolute Gasteiger partial charge is 0.222 e. The second kappa shape index (κ2) is 11.3. The van der Waals surface area contributed by atoms with E-state index in [2.05, 4.69) is 46.9 Å². The highest BCUT2D eigenvalue weighted by atomic mass is 127. The summed E-state index contributed by atoms with van der Waals surface area (Å²) in [5, 5.41) is 9.44. The number of carbonyl (C=O) groups excluding carboxylic acids is 1. The van der Waals surface area contributed by atoms with Crippen molar-refractivity contribution in [3.63, 3.8) is 0 Å². The number of aliphatic imine (C=N–C) groups is 1. The van der Waals surface area contributed by atoms with Gasteiger partial charge in [0.05, 0.1) is 6.04 Å². The van der Waals surface area contributed by atoms with Crippen LogP contribution in [0, 0.1) is 12.8 Å². The van der Waals surface area contributed by atoms with Crippen molar-refractivity contribution in [2.75, 3.05) is 20.1 Å². The number of hydrogen-bond donors (Lipinski definition) is 3. The molecule has 0 fully saturated rings. The highest BCUT2D eigenvalue weighted by molar-refractivity contribution is 14.0. The van der Waals surface area contributed by atoms with Crippen LogP contribution < -0.4 is 16.0 Å². The number of hydrogen-bond acceptors (Lipinski definition) is 2. The fourth-order valence-corrected chi connectivity index (χ4v) is 2.12. The first-order valence-corrected chi connectivity index (χ1v) is 7.76. The molecule has 5 nitrogen and oxygen atoms in total. The zero-order chi connectivity index (χ0) is 16.5. The van der Waals surface area contributed by atoms with Gasteiger partial charge in [-0.2, -0.15) is 0 Å². The molecule has 130 valence electrons. The van der Waals surface area contributed by atoms with E-state index in [-0.39, 0.29) is 41.8 Å². The minimum absolute atomic E-state index is 0. The Balaban J connectivity index is 0.00000484. The topological polar surface area (TPSA) is 65.5 Å². The summed E-state index contributed by atoms with van der Waals surface area (Å²) < 4.78 is 0. The van der Waals surface area contributed by atoms with Crippen molar-refractivity contribution in [1.82, 2.24) is 16.0 Å². The number of amides is 1. The first kappa shape index (κ1) is 21.7. The molecule has 1 amide bonds. The SMILES string of the molecule is CN=C(NCCNC(=O)C(C)C)NC(C)c1ccccc1C.I. The van der Waals surface area contributed by atoms with Gasteiger partial charge in [0, 0.05) is 26.1 Å². The number of guanidine groups is 1. The predicted molar refractivity (Wildman–Crippen MR) is 107 cm³/mol. The number of rotatable bonds is 6. The van der Waals surface area contributed by atoms with E-state index in [1.807, 2.05) is 26.0 Å². The maximum absolute atomic E-state index is 11.5. The van der Waals surface area contributed by atoms with Crippen LogP contribution in [0.5, 0.6) is 0 Å². The van der Waals surface area contributed by atoms with Crippen LogP contribution in [0.2, 0.25) is 0 Å². The minimum Gasteiger partial charge on any atom is -0.355 e. The number of nitrogens with zero attached hydrogens (tertiary/aromatic N) is 1. The Hall–Kier alpha value is -1.31. The lowest BCUT2D eigenvalue weighted by Crippen LogP contribution is -2.43. The molecule has 3 N–H and O–H groups in total. The molecule has 0 spiro atoms. The molecular formula is C17H29IN4O. The van der Waals surface area contributed by atoms with Crippen molar-refractivity contribution in [3.8, 4) is 0 Å². The number of benzene rings is 1. The van der Waals surface area contributed by atoms with Gasteiger partial charge in [0.1, 0.15) is 0 Å². The van der Waals surface area contributed by atoms with Gasteiger partial charge in [0.2, 0.25) is 5.91 Å². The van der Waals surface area contributed by atoms with E-state index in [1.54, 1.807) is 7.05 Å². The molecular weight excluding hydrogens is 403 g/mol. The molecule has 0 radical (unpaired) electrons. The number of halogens is 1. The van der Waals surface area contributed by atoms with Crippen molar-refractivity contribution in [1.29, 1.82) is 0 Å². The summed E-state index contributed by atoms with van der Waals surface area (Å²) in [5.41, 5.74) is 2.50. The summed E-state index contributed by atoms with van der Waals surface area (Å²) in [4.78, 5) is 15.7. The molecule has 0 aliphatic rings. The van der Waals surface area contributed by atoms with E-state index < -0.39 is 0 Å². The van der Waals surface area contributed by atoms with Gasteiger partial charge < -0.3 is 16.0 Å². The van der Waals surface area contributed by atoms with Gasteiger partial charge in [-0.3, -0.25) is 9.79 Å². The third-order valence-electron chi connectivity index (χ3n) is 3.47.